The molecule has 2 amide bonds. The number of hydrogen-bond donors (Lipinski definition) is 1. The van der Waals surface area contributed by atoms with Gasteiger partial charge in [0.05, 0.1) is 19.1 Å². The van der Waals surface area contributed by atoms with Crippen LogP contribution in [0.3, 0.4) is 0 Å². The van der Waals surface area contributed by atoms with E-state index in [1.807, 2.05) is 31.2 Å². The minimum Gasteiger partial charge on any atom is -0.497 e. The van der Waals surface area contributed by atoms with Crippen molar-refractivity contribution in [3.05, 3.63) is 57.7 Å². The van der Waals surface area contributed by atoms with Crippen LogP contribution in [0, 0.1) is 3.57 Å². The summed E-state index contributed by atoms with van der Waals surface area (Å²) >= 11 is 2.14. The minimum atomic E-state index is -3.76. The van der Waals surface area contributed by atoms with Gasteiger partial charge in [0, 0.05) is 16.2 Å². The van der Waals surface area contributed by atoms with Crippen LogP contribution in [0.4, 0.5) is 5.69 Å². The fraction of sp³-hybridized carbons (Fsp3) is 0.481. The summed E-state index contributed by atoms with van der Waals surface area (Å²) in [5.41, 5.74) is 1.19. The summed E-state index contributed by atoms with van der Waals surface area (Å²) in [6.45, 7) is 1.61. The maximum absolute atomic E-state index is 13.8. The van der Waals surface area contributed by atoms with Crippen molar-refractivity contribution in [2.75, 3.05) is 24.2 Å². The number of carbonyl (C=O) groups excluding carboxylic acids is 2. The molecule has 1 aliphatic carbocycles. The summed E-state index contributed by atoms with van der Waals surface area (Å²) in [4.78, 5) is 28.7. The lowest BCUT2D eigenvalue weighted by molar-refractivity contribution is -0.140. The lowest BCUT2D eigenvalue weighted by atomic mass is 9.95. The van der Waals surface area contributed by atoms with Gasteiger partial charge in [0.15, 0.2) is 0 Å². The second-order valence-electron chi connectivity index (χ2n) is 9.39. The van der Waals surface area contributed by atoms with Crippen molar-refractivity contribution in [3.63, 3.8) is 0 Å². The van der Waals surface area contributed by atoms with Crippen molar-refractivity contribution in [2.24, 2.45) is 0 Å². The number of anilines is 1. The fourth-order valence-electron chi connectivity index (χ4n) is 4.65. The summed E-state index contributed by atoms with van der Waals surface area (Å²) in [5.74, 6) is -0.00971. The summed E-state index contributed by atoms with van der Waals surface area (Å²) in [7, 11) is -2.19. The molecule has 3 rings (SSSR count). The molecule has 8 nitrogen and oxygen atoms in total. The van der Waals surface area contributed by atoms with Gasteiger partial charge in [-0.3, -0.25) is 13.9 Å². The molecule has 0 bridgehead atoms. The third-order valence-electron chi connectivity index (χ3n) is 6.62. The average Bonchev–Trinajstić information content (AvgIpc) is 2.87. The van der Waals surface area contributed by atoms with E-state index in [1.165, 1.54) is 11.3 Å². The van der Waals surface area contributed by atoms with Crippen molar-refractivity contribution in [1.82, 2.24) is 10.2 Å². The molecule has 0 saturated heterocycles. The van der Waals surface area contributed by atoms with Crippen molar-refractivity contribution in [1.29, 1.82) is 0 Å². The van der Waals surface area contributed by atoms with Gasteiger partial charge in [-0.1, -0.05) is 38.3 Å². The highest BCUT2D eigenvalue weighted by Crippen LogP contribution is 2.23. The molecule has 2 aromatic rings. The van der Waals surface area contributed by atoms with E-state index in [2.05, 4.69) is 27.9 Å². The van der Waals surface area contributed by atoms with E-state index in [0.717, 1.165) is 45.4 Å². The third kappa shape index (κ3) is 8.33. The van der Waals surface area contributed by atoms with Crippen LogP contribution < -0.4 is 14.4 Å². The summed E-state index contributed by atoms with van der Waals surface area (Å²) in [5, 5.41) is 3.14. The van der Waals surface area contributed by atoms with Crippen LogP contribution in [0.5, 0.6) is 5.75 Å². The predicted octanol–water partition coefficient (Wildman–Crippen LogP) is 4.32. The number of methoxy groups -OCH3 is 1. The van der Waals surface area contributed by atoms with Crippen LogP contribution in [-0.4, -0.2) is 57.1 Å². The van der Waals surface area contributed by atoms with Gasteiger partial charge in [-0.2, -0.15) is 0 Å². The van der Waals surface area contributed by atoms with E-state index in [0.29, 0.717) is 17.9 Å². The standard InChI is InChI=1S/C27H36IN3O5S/c1-4-25(27(33)29-22-10-6-5-7-11-22)30(18-20-9-8-12-24(17-20)36-2)26(32)19-31(37(3,34)35)23-15-13-21(28)14-16-23/h8-9,12-17,22,25H,4-7,10-11,18-19H2,1-3H3,(H,29,33). The van der Waals surface area contributed by atoms with E-state index in [-0.39, 0.29) is 18.5 Å². The molecular formula is C27H36IN3O5S. The first-order chi connectivity index (χ1) is 17.6. The smallest absolute Gasteiger partial charge is 0.244 e. The maximum atomic E-state index is 13.8. The van der Waals surface area contributed by atoms with Gasteiger partial charge < -0.3 is 15.0 Å². The molecule has 202 valence electrons. The number of rotatable bonds is 11. The first-order valence-electron chi connectivity index (χ1n) is 12.6. The molecule has 1 unspecified atom stereocenters. The molecule has 1 aliphatic rings. The van der Waals surface area contributed by atoms with E-state index in [1.54, 1.807) is 31.4 Å². The molecule has 10 heteroatoms. The largest absolute Gasteiger partial charge is 0.497 e. The Morgan fingerprint density at radius 2 is 1.78 bits per heavy atom. The van der Waals surface area contributed by atoms with Crippen LogP contribution >= 0.6 is 22.6 Å². The average molecular weight is 642 g/mol. The normalized spacial score (nSPS) is 15.0. The van der Waals surface area contributed by atoms with Gasteiger partial charge in [-0.25, -0.2) is 8.42 Å². The predicted molar refractivity (Wildman–Crippen MR) is 154 cm³/mol. The Hall–Kier alpha value is -2.34. The third-order valence-corrected chi connectivity index (χ3v) is 8.48. The van der Waals surface area contributed by atoms with Crippen LogP contribution in [-0.2, 0) is 26.2 Å². The molecular weight excluding hydrogens is 605 g/mol. The summed E-state index contributed by atoms with van der Waals surface area (Å²) in [6, 6.07) is 13.6. The van der Waals surface area contributed by atoms with Crippen molar-refractivity contribution in [2.45, 2.75) is 64.1 Å². The second kappa shape index (κ2) is 13.5. The molecule has 1 fully saturated rings. The van der Waals surface area contributed by atoms with Crippen molar-refractivity contribution in [3.8, 4) is 5.75 Å². The number of nitrogens with one attached hydrogen (secondary N) is 1. The molecule has 0 radical (unpaired) electrons. The fourth-order valence-corrected chi connectivity index (χ4v) is 5.86. The molecule has 2 aromatic carbocycles. The summed E-state index contributed by atoms with van der Waals surface area (Å²) < 4.78 is 32.8. The van der Waals surface area contributed by atoms with Crippen LogP contribution in [0.15, 0.2) is 48.5 Å². The number of sulfonamides is 1. The minimum absolute atomic E-state index is 0.100. The molecule has 0 heterocycles. The number of carbonyl (C=O) groups is 2. The highest BCUT2D eigenvalue weighted by atomic mass is 127. The summed E-state index contributed by atoms with van der Waals surface area (Å²) in [6.07, 6.45) is 6.67. The van der Waals surface area contributed by atoms with E-state index in [4.69, 9.17) is 4.74 Å². The van der Waals surface area contributed by atoms with Gasteiger partial charge in [0.2, 0.25) is 21.8 Å². The number of halogens is 1. The highest BCUT2D eigenvalue weighted by Gasteiger charge is 2.32. The van der Waals surface area contributed by atoms with Gasteiger partial charge in [0.1, 0.15) is 18.3 Å². The zero-order valence-corrected chi connectivity index (χ0v) is 24.6. The van der Waals surface area contributed by atoms with Crippen LogP contribution in [0.2, 0.25) is 0 Å². The Morgan fingerprint density at radius 3 is 2.38 bits per heavy atom. The maximum Gasteiger partial charge on any atom is 0.244 e. The monoisotopic (exact) mass is 641 g/mol. The first kappa shape index (κ1) is 29.2. The van der Waals surface area contributed by atoms with E-state index >= 15 is 0 Å². The Labute approximate surface area is 233 Å². The Balaban J connectivity index is 1.92. The number of ether oxygens (including phenoxy) is 1. The molecule has 37 heavy (non-hydrogen) atoms. The van der Waals surface area contributed by atoms with Gasteiger partial charge in [0.25, 0.3) is 0 Å². The first-order valence-corrected chi connectivity index (χ1v) is 15.5. The van der Waals surface area contributed by atoms with Crippen LogP contribution in [0.1, 0.15) is 51.0 Å². The van der Waals surface area contributed by atoms with Crippen molar-refractivity contribution < 1.29 is 22.7 Å². The molecule has 0 aliphatic heterocycles. The highest BCUT2D eigenvalue weighted by molar-refractivity contribution is 14.1. The molecule has 1 saturated carbocycles. The van der Waals surface area contributed by atoms with Crippen LogP contribution in [0.25, 0.3) is 0 Å². The quantitative estimate of drug-likeness (QED) is 0.369. The lowest BCUT2D eigenvalue weighted by Crippen LogP contribution is -2.53. The second-order valence-corrected chi connectivity index (χ2v) is 12.5. The topological polar surface area (TPSA) is 96.0 Å². The van der Waals surface area contributed by atoms with E-state index < -0.39 is 28.5 Å². The van der Waals surface area contributed by atoms with Gasteiger partial charge >= 0.3 is 0 Å². The van der Waals surface area contributed by atoms with Gasteiger partial charge in [-0.05, 0) is 83.8 Å². The Bertz CT molecular complexity index is 1170. The SMILES string of the molecule is CCC(C(=O)NC1CCCCC1)N(Cc1cccc(OC)c1)C(=O)CN(c1ccc(I)cc1)S(C)(=O)=O. The molecule has 0 spiro atoms. The van der Waals surface area contributed by atoms with Crippen molar-refractivity contribution >= 4 is 50.1 Å². The molecule has 1 atom stereocenters. The van der Waals surface area contributed by atoms with Gasteiger partial charge in [-0.15, -0.1) is 0 Å². The zero-order valence-electron chi connectivity index (χ0n) is 21.7. The number of hydrogen-bond acceptors (Lipinski definition) is 5. The van der Waals surface area contributed by atoms with E-state index in [9.17, 15) is 18.0 Å². The number of nitrogens with zero attached hydrogens (tertiary/aromatic N) is 2. The Kier molecular flexibility index (Phi) is 10.6. The molecule has 0 aromatic heterocycles. The Morgan fingerprint density at radius 1 is 1.11 bits per heavy atom. The number of benzene rings is 2. The molecule has 1 N–H and O–H groups in total. The lowest BCUT2D eigenvalue weighted by Gasteiger charge is -2.34. The number of amides is 2. The zero-order chi connectivity index (χ0) is 27.0.